The van der Waals surface area contributed by atoms with Crippen molar-refractivity contribution in [2.75, 3.05) is 18.8 Å². The first kappa shape index (κ1) is 13.0. The molecule has 0 aliphatic rings. The maximum atomic E-state index is 11.7. The minimum Gasteiger partial charge on any atom is -0.343 e. The lowest BCUT2D eigenvalue weighted by Crippen LogP contribution is -2.31. The Hall–Kier alpha value is -1.04. The monoisotopic (exact) mass is 242 g/mol. The van der Waals surface area contributed by atoms with E-state index in [1.54, 1.807) is 4.90 Å². The lowest BCUT2D eigenvalue weighted by molar-refractivity contribution is -0.127. The molecule has 0 unspecified atom stereocenters. The number of aromatic nitrogens is 3. The molecule has 1 aromatic heterocycles. The zero-order valence-corrected chi connectivity index (χ0v) is 10.8. The summed E-state index contributed by atoms with van der Waals surface area (Å²) in [7, 11) is 0. The molecule has 1 rings (SSSR count). The quantitative estimate of drug-likeness (QED) is 0.764. The first-order valence-corrected chi connectivity index (χ1v) is 6.51. The number of thioether (sulfide) groups is 1. The van der Waals surface area contributed by atoms with Gasteiger partial charge in [0.25, 0.3) is 0 Å². The van der Waals surface area contributed by atoms with Gasteiger partial charge in [-0.3, -0.25) is 9.89 Å². The van der Waals surface area contributed by atoms with Crippen molar-refractivity contribution in [3.63, 3.8) is 0 Å². The molecule has 0 radical (unpaired) electrons. The molecule has 0 fully saturated rings. The maximum absolute atomic E-state index is 11.7. The van der Waals surface area contributed by atoms with Crippen molar-refractivity contribution in [2.45, 2.75) is 32.3 Å². The van der Waals surface area contributed by atoms with E-state index in [4.69, 9.17) is 0 Å². The van der Waals surface area contributed by atoms with Crippen LogP contribution >= 0.6 is 11.8 Å². The van der Waals surface area contributed by atoms with Crippen molar-refractivity contribution in [1.29, 1.82) is 0 Å². The van der Waals surface area contributed by atoms with Crippen LogP contribution in [0.15, 0.2) is 5.16 Å². The number of carbonyl (C=O) groups is 1. The second-order valence-corrected chi connectivity index (χ2v) is 4.22. The predicted molar refractivity (Wildman–Crippen MR) is 64.4 cm³/mol. The molecule has 0 atom stereocenters. The van der Waals surface area contributed by atoms with Crippen LogP contribution in [0.2, 0.25) is 0 Å². The summed E-state index contributed by atoms with van der Waals surface area (Å²) in [4.78, 5) is 17.7. The van der Waals surface area contributed by atoms with Gasteiger partial charge >= 0.3 is 0 Å². The smallest absolute Gasteiger partial charge is 0.233 e. The summed E-state index contributed by atoms with van der Waals surface area (Å²) in [6, 6.07) is 0. The van der Waals surface area contributed by atoms with Gasteiger partial charge in [0.1, 0.15) is 5.82 Å². The molecule has 0 spiro atoms. The normalized spacial score (nSPS) is 10.4. The van der Waals surface area contributed by atoms with E-state index in [9.17, 15) is 4.79 Å². The highest BCUT2D eigenvalue weighted by Gasteiger charge is 2.11. The third-order valence-corrected chi connectivity index (χ3v) is 3.12. The number of nitrogens with one attached hydrogen (secondary N) is 1. The van der Waals surface area contributed by atoms with Crippen molar-refractivity contribution >= 4 is 17.7 Å². The molecule has 90 valence electrons. The molecule has 5 nitrogen and oxygen atoms in total. The first-order chi connectivity index (χ1) is 7.71. The maximum Gasteiger partial charge on any atom is 0.233 e. The van der Waals surface area contributed by atoms with E-state index in [1.807, 2.05) is 20.8 Å². The summed E-state index contributed by atoms with van der Waals surface area (Å²) in [6.07, 6.45) is 0.831. The van der Waals surface area contributed by atoms with E-state index in [2.05, 4.69) is 15.2 Å². The van der Waals surface area contributed by atoms with E-state index < -0.39 is 0 Å². The number of carbonyl (C=O) groups excluding carboxylic acids is 1. The van der Waals surface area contributed by atoms with E-state index in [0.29, 0.717) is 10.9 Å². The van der Waals surface area contributed by atoms with Crippen molar-refractivity contribution in [3.05, 3.63) is 5.82 Å². The van der Waals surface area contributed by atoms with Gasteiger partial charge in [-0.15, -0.1) is 5.10 Å². The van der Waals surface area contributed by atoms with Gasteiger partial charge in [0.15, 0.2) is 0 Å². The molecule has 1 heterocycles. The standard InChI is InChI=1S/C10H18N4OS/c1-4-8-11-10(13-12-8)16-7-9(15)14(5-2)6-3/h4-7H2,1-3H3,(H,11,12,13). The molecule has 0 saturated heterocycles. The molecule has 0 saturated carbocycles. The molecule has 1 N–H and O–H groups in total. The number of amides is 1. The van der Waals surface area contributed by atoms with E-state index in [1.165, 1.54) is 11.8 Å². The van der Waals surface area contributed by atoms with Gasteiger partial charge in [-0.05, 0) is 13.8 Å². The minimum atomic E-state index is 0.137. The lowest BCUT2D eigenvalue weighted by Gasteiger charge is -2.17. The number of rotatable bonds is 6. The minimum absolute atomic E-state index is 0.137. The average Bonchev–Trinajstić information content (AvgIpc) is 2.76. The molecule has 1 amide bonds. The van der Waals surface area contributed by atoms with Crippen LogP contribution in [-0.4, -0.2) is 44.8 Å². The number of hydrogen-bond donors (Lipinski definition) is 1. The van der Waals surface area contributed by atoms with Crippen molar-refractivity contribution in [3.8, 4) is 0 Å². The summed E-state index contributed by atoms with van der Waals surface area (Å²) in [5, 5.41) is 7.51. The van der Waals surface area contributed by atoms with Gasteiger partial charge in [-0.25, -0.2) is 4.98 Å². The lowest BCUT2D eigenvalue weighted by atomic mass is 10.5. The molecule has 1 aromatic rings. The molecule has 0 aliphatic heterocycles. The summed E-state index contributed by atoms with van der Waals surface area (Å²) in [5.41, 5.74) is 0. The molecular formula is C10H18N4OS. The zero-order valence-electron chi connectivity index (χ0n) is 9.99. The van der Waals surface area contributed by atoms with E-state index in [0.717, 1.165) is 25.3 Å². The molecule has 6 heteroatoms. The van der Waals surface area contributed by atoms with Crippen LogP contribution in [0.25, 0.3) is 0 Å². The van der Waals surface area contributed by atoms with Gasteiger partial charge in [-0.1, -0.05) is 18.7 Å². The van der Waals surface area contributed by atoms with Gasteiger partial charge in [-0.2, -0.15) is 0 Å². The zero-order chi connectivity index (χ0) is 12.0. The third kappa shape index (κ3) is 3.52. The van der Waals surface area contributed by atoms with Crippen LogP contribution < -0.4 is 0 Å². The average molecular weight is 242 g/mol. The van der Waals surface area contributed by atoms with Crippen LogP contribution in [0, 0.1) is 0 Å². The Morgan fingerprint density at radius 3 is 2.56 bits per heavy atom. The Bertz CT molecular complexity index is 335. The summed E-state index contributed by atoms with van der Waals surface area (Å²) in [6.45, 7) is 7.48. The highest BCUT2D eigenvalue weighted by molar-refractivity contribution is 7.99. The molecule has 0 aromatic carbocycles. The first-order valence-electron chi connectivity index (χ1n) is 5.53. The fraction of sp³-hybridized carbons (Fsp3) is 0.700. The Kier molecular flexibility index (Phi) is 5.31. The fourth-order valence-corrected chi connectivity index (χ4v) is 2.01. The topological polar surface area (TPSA) is 61.9 Å². The van der Waals surface area contributed by atoms with Crippen LogP contribution in [0.4, 0.5) is 0 Å². The number of aromatic amines is 1. The molecule has 16 heavy (non-hydrogen) atoms. The summed E-state index contributed by atoms with van der Waals surface area (Å²) >= 11 is 1.38. The molecule has 0 bridgehead atoms. The fourth-order valence-electron chi connectivity index (χ4n) is 1.29. The largest absolute Gasteiger partial charge is 0.343 e. The molecular weight excluding hydrogens is 224 g/mol. The predicted octanol–water partition coefficient (Wildman–Crippen LogP) is 1.33. The highest BCUT2D eigenvalue weighted by Crippen LogP contribution is 2.13. The van der Waals surface area contributed by atoms with Crippen molar-refractivity contribution in [1.82, 2.24) is 20.1 Å². The highest BCUT2D eigenvalue weighted by atomic mass is 32.2. The number of hydrogen-bond acceptors (Lipinski definition) is 4. The Balaban J connectivity index is 2.41. The van der Waals surface area contributed by atoms with Gasteiger partial charge < -0.3 is 4.90 Å². The van der Waals surface area contributed by atoms with Crippen LogP contribution in [0.3, 0.4) is 0 Å². The number of H-pyrrole nitrogens is 1. The summed E-state index contributed by atoms with van der Waals surface area (Å²) in [5.74, 6) is 1.40. The second kappa shape index (κ2) is 6.52. The van der Waals surface area contributed by atoms with Gasteiger partial charge in [0, 0.05) is 19.5 Å². The van der Waals surface area contributed by atoms with E-state index >= 15 is 0 Å². The van der Waals surface area contributed by atoms with Gasteiger partial charge in [0.2, 0.25) is 11.1 Å². The van der Waals surface area contributed by atoms with Crippen molar-refractivity contribution in [2.24, 2.45) is 0 Å². The van der Waals surface area contributed by atoms with Crippen LogP contribution in [-0.2, 0) is 11.2 Å². The molecule has 0 aliphatic carbocycles. The van der Waals surface area contributed by atoms with Crippen LogP contribution in [0.5, 0.6) is 0 Å². The van der Waals surface area contributed by atoms with Crippen molar-refractivity contribution < 1.29 is 4.79 Å². The van der Waals surface area contributed by atoms with E-state index in [-0.39, 0.29) is 5.91 Å². The van der Waals surface area contributed by atoms with Crippen LogP contribution in [0.1, 0.15) is 26.6 Å². The third-order valence-electron chi connectivity index (χ3n) is 2.29. The number of aryl methyl sites for hydroxylation is 1. The second-order valence-electron chi connectivity index (χ2n) is 3.27. The Morgan fingerprint density at radius 2 is 2.06 bits per heavy atom. The SMILES string of the molecule is CCc1nc(SCC(=O)N(CC)CC)n[nH]1. The Morgan fingerprint density at radius 1 is 1.38 bits per heavy atom. The number of nitrogens with zero attached hydrogens (tertiary/aromatic N) is 3. The van der Waals surface area contributed by atoms with Gasteiger partial charge in [0.05, 0.1) is 5.75 Å². The summed E-state index contributed by atoms with van der Waals surface area (Å²) < 4.78 is 0. The Labute approximate surface area is 100 Å².